The summed E-state index contributed by atoms with van der Waals surface area (Å²) in [6, 6.07) is 5.21. The summed E-state index contributed by atoms with van der Waals surface area (Å²) in [4.78, 5) is 6.84. The van der Waals surface area contributed by atoms with Crippen LogP contribution in [0.15, 0.2) is 23.2 Å². The summed E-state index contributed by atoms with van der Waals surface area (Å²) in [5.41, 5.74) is 0.542. The third-order valence-electron chi connectivity index (χ3n) is 4.41. The number of guanidine groups is 1. The zero-order valence-corrected chi connectivity index (χ0v) is 18.3. The molecule has 1 fully saturated rings. The molecule has 0 bridgehead atoms. The van der Waals surface area contributed by atoms with Gasteiger partial charge >= 0.3 is 6.61 Å². The number of benzene rings is 1. The van der Waals surface area contributed by atoms with Crippen LogP contribution in [0.1, 0.15) is 25.3 Å². The van der Waals surface area contributed by atoms with Crippen LogP contribution in [0.4, 0.5) is 8.78 Å². The number of likely N-dealkylation sites (N-methyl/N-ethyl adjacent to an activating group) is 1. The standard InChI is InChI=1S/C18H28F2N4O2.HI/c1-4-21-18(23-12-14-6-5-9-24(14)2)22-11-13-10-15(25-3)7-8-16(13)26-17(19)20;/h7-8,10,14,17H,4-6,9,11-12H2,1-3H3,(H2,21,22,23);1H. The second-order valence-electron chi connectivity index (χ2n) is 6.20. The van der Waals surface area contributed by atoms with Gasteiger partial charge in [0.05, 0.1) is 13.7 Å². The average Bonchev–Trinajstić information content (AvgIpc) is 3.03. The minimum absolute atomic E-state index is 0. The first kappa shape index (κ1) is 23.7. The first-order valence-corrected chi connectivity index (χ1v) is 8.87. The Kier molecular flexibility index (Phi) is 10.7. The highest BCUT2D eigenvalue weighted by atomic mass is 127. The van der Waals surface area contributed by atoms with Crippen molar-refractivity contribution < 1.29 is 18.3 Å². The minimum atomic E-state index is -2.88. The van der Waals surface area contributed by atoms with Gasteiger partial charge in [-0.1, -0.05) is 0 Å². The molecule has 0 saturated carbocycles. The molecule has 9 heteroatoms. The maximum Gasteiger partial charge on any atom is 0.387 e. The molecule has 0 amide bonds. The Morgan fingerprint density at radius 1 is 1.37 bits per heavy atom. The maximum atomic E-state index is 12.6. The van der Waals surface area contributed by atoms with Crippen LogP contribution < -0.4 is 20.1 Å². The van der Waals surface area contributed by atoms with Crippen molar-refractivity contribution in [1.82, 2.24) is 15.5 Å². The molecule has 1 aromatic rings. The van der Waals surface area contributed by atoms with Crippen LogP contribution in [0.2, 0.25) is 0 Å². The van der Waals surface area contributed by atoms with E-state index < -0.39 is 6.61 Å². The van der Waals surface area contributed by atoms with Crippen LogP contribution in [0, 0.1) is 0 Å². The molecule has 0 aromatic heterocycles. The van der Waals surface area contributed by atoms with Gasteiger partial charge in [-0.25, -0.2) is 4.99 Å². The molecule has 0 spiro atoms. The number of aliphatic imine (C=N–C) groups is 1. The lowest BCUT2D eigenvalue weighted by Crippen LogP contribution is -2.44. The summed E-state index contributed by atoms with van der Waals surface area (Å²) in [6.45, 7) is 1.92. The number of hydrogen-bond acceptors (Lipinski definition) is 4. The average molecular weight is 498 g/mol. The quantitative estimate of drug-likeness (QED) is 0.328. The highest BCUT2D eigenvalue weighted by Gasteiger charge is 2.20. The van der Waals surface area contributed by atoms with Gasteiger partial charge in [-0.05, 0) is 51.6 Å². The molecule has 1 atom stereocenters. The van der Waals surface area contributed by atoms with Crippen molar-refractivity contribution in [2.24, 2.45) is 4.99 Å². The number of ether oxygens (including phenoxy) is 2. The van der Waals surface area contributed by atoms with Gasteiger partial charge in [-0.3, -0.25) is 0 Å². The fourth-order valence-electron chi connectivity index (χ4n) is 2.97. The second kappa shape index (κ2) is 12.2. The molecule has 1 saturated heterocycles. The van der Waals surface area contributed by atoms with Crippen LogP contribution in [0.25, 0.3) is 0 Å². The number of hydrogen-bond donors (Lipinski definition) is 2. The van der Waals surface area contributed by atoms with Crippen molar-refractivity contribution in [2.45, 2.75) is 39.0 Å². The van der Waals surface area contributed by atoms with Gasteiger partial charge in [0.15, 0.2) is 5.96 Å². The van der Waals surface area contributed by atoms with Gasteiger partial charge in [0.25, 0.3) is 0 Å². The van der Waals surface area contributed by atoms with E-state index in [0.29, 0.717) is 29.9 Å². The van der Waals surface area contributed by atoms with Crippen molar-refractivity contribution in [3.63, 3.8) is 0 Å². The van der Waals surface area contributed by atoms with Gasteiger partial charge in [-0.15, -0.1) is 24.0 Å². The molecule has 0 aliphatic carbocycles. The lowest BCUT2D eigenvalue weighted by molar-refractivity contribution is -0.0504. The van der Waals surface area contributed by atoms with Crippen LogP contribution in [0.3, 0.4) is 0 Å². The third kappa shape index (κ3) is 7.65. The van der Waals surface area contributed by atoms with E-state index in [9.17, 15) is 8.78 Å². The summed E-state index contributed by atoms with van der Waals surface area (Å²) in [5, 5.41) is 6.51. The van der Waals surface area contributed by atoms with E-state index in [4.69, 9.17) is 4.74 Å². The topological polar surface area (TPSA) is 58.1 Å². The molecule has 1 aromatic carbocycles. The molecular formula is C18H29F2IN4O2. The smallest absolute Gasteiger partial charge is 0.387 e. The molecule has 154 valence electrons. The lowest BCUT2D eigenvalue weighted by Gasteiger charge is -2.21. The van der Waals surface area contributed by atoms with Crippen LogP contribution >= 0.6 is 24.0 Å². The van der Waals surface area contributed by atoms with Crippen LogP contribution in [-0.4, -0.2) is 57.3 Å². The third-order valence-corrected chi connectivity index (χ3v) is 4.41. The Morgan fingerprint density at radius 2 is 2.15 bits per heavy atom. The fraction of sp³-hybridized carbons (Fsp3) is 0.611. The van der Waals surface area contributed by atoms with Crippen LogP contribution in [-0.2, 0) is 6.54 Å². The van der Waals surface area contributed by atoms with E-state index >= 15 is 0 Å². The van der Waals surface area contributed by atoms with Gasteiger partial charge in [-0.2, -0.15) is 8.78 Å². The van der Waals surface area contributed by atoms with Crippen LogP contribution in [0.5, 0.6) is 11.5 Å². The summed E-state index contributed by atoms with van der Waals surface area (Å²) in [6.07, 6.45) is 2.36. The molecular weight excluding hydrogens is 469 g/mol. The Balaban J connectivity index is 0.00000364. The molecule has 0 radical (unpaired) electrons. The van der Waals surface area contributed by atoms with E-state index in [-0.39, 0.29) is 36.3 Å². The fourth-order valence-corrected chi connectivity index (χ4v) is 2.97. The molecule has 1 aliphatic rings. The number of likely N-dealkylation sites (tertiary alicyclic amines) is 1. The van der Waals surface area contributed by atoms with E-state index in [1.165, 1.54) is 19.6 Å². The van der Waals surface area contributed by atoms with E-state index in [2.05, 4.69) is 32.3 Å². The number of nitrogens with one attached hydrogen (secondary N) is 2. The second-order valence-corrected chi connectivity index (χ2v) is 6.20. The Labute approximate surface area is 176 Å². The predicted molar refractivity (Wildman–Crippen MR) is 114 cm³/mol. The summed E-state index contributed by atoms with van der Waals surface area (Å²) < 4.78 is 35.0. The maximum absolute atomic E-state index is 12.6. The Morgan fingerprint density at radius 3 is 2.74 bits per heavy atom. The normalized spacial score (nSPS) is 17.6. The Bertz CT molecular complexity index is 605. The van der Waals surface area contributed by atoms with Crippen molar-refractivity contribution in [3.8, 4) is 11.5 Å². The largest absolute Gasteiger partial charge is 0.497 e. The zero-order chi connectivity index (χ0) is 18.9. The summed E-state index contributed by atoms with van der Waals surface area (Å²) in [7, 11) is 3.65. The molecule has 6 nitrogen and oxygen atoms in total. The molecule has 2 rings (SSSR count). The minimum Gasteiger partial charge on any atom is -0.497 e. The highest BCUT2D eigenvalue weighted by Crippen LogP contribution is 2.26. The van der Waals surface area contributed by atoms with E-state index in [1.54, 1.807) is 12.1 Å². The summed E-state index contributed by atoms with van der Waals surface area (Å²) >= 11 is 0. The van der Waals surface area contributed by atoms with E-state index in [0.717, 1.165) is 19.5 Å². The molecule has 1 unspecified atom stereocenters. The van der Waals surface area contributed by atoms with E-state index in [1.807, 2.05) is 6.92 Å². The monoisotopic (exact) mass is 498 g/mol. The number of alkyl halides is 2. The van der Waals surface area contributed by atoms with Crippen molar-refractivity contribution >= 4 is 29.9 Å². The Hall–Kier alpha value is -1.36. The lowest BCUT2D eigenvalue weighted by atomic mass is 10.2. The van der Waals surface area contributed by atoms with Crippen molar-refractivity contribution in [2.75, 3.05) is 33.8 Å². The van der Waals surface area contributed by atoms with Gasteiger partial charge in [0.2, 0.25) is 0 Å². The number of halogens is 3. The number of rotatable bonds is 8. The highest BCUT2D eigenvalue weighted by molar-refractivity contribution is 14.0. The molecule has 2 N–H and O–H groups in total. The molecule has 27 heavy (non-hydrogen) atoms. The molecule has 1 aliphatic heterocycles. The number of methoxy groups -OCH3 is 1. The first-order chi connectivity index (χ1) is 12.5. The van der Waals surface area contributed by atoms with Gasteiger partial charge in [0.1, 0.15) is 11.5 Å². The number of nitrogens with zero attached hydrogens (tertiary/aromatic N) is 2. The molecule has 1 heterocycles. The zero-order valence-electron chi connectivity index (χ0n) is 16.0. The van der Waals surface area contributed by atoms with Gasteiger partial charge < -0.3 is 25.0 Å². The predicted octanol–water partition coefficient (Wildman–Crippen LogP) is 3.06. The summed E-state index contributed by atoms with van der Waals surface area (Å²) in [5.74, 6) is 1.33. The first-order valence-electron chi connectivity index (χ1n) is 8.87. The van der Waals surface area contributed by atoms with Crippen molar-refractivity contribution in [1.29, 1.82) is 0 Å². The van der Waals surface area contributed by atoms with Gasteiger partial charge in [0, 0.05) is 24.7 Å². The SMILES string of the molecule is CCNC(=NCc1cc(OC)ccc1OC(F)F)NCC1CCCN1C.I. The van der Waals surface area contributed by atoms with Crippen molar-refractivity contribution in [3.05, 3.63) is 23.8 Å².